The summed E-state index contributed by atoms with van der Waals surface area (Å²) in [7, 11) is 0. The number of nitrogens with two attached hydrogens (primary N) is 1. The molecular weight excluding hydrogens is 242 g/mol. The van der Waals surface area contributed by atoms with Crippen molar-refractivity contribution in [1.82, 2.24) is 10.2 Å². The van der Waals surface area contributed by atoms with E-state index in [0.717, 1.165) is 12.0 Å². The summed E-state index contributed by atoms with van der Waals surface area (Å²) in [6.07, 6.45) is 1.27. The van der Waals surface area contributed by atoms with Crippen LogP contribution in [0.15, 0.2) is 30.3 Å². The second-order valence-corrected chi connectivity index (χ2v) is 4.76. The second kappa shape index (κ2) is 6.33. The summed E-state index contributed by atoms with van der Waals surface area (Å²) >= 11 is 0. The van der Waals surface area contributed by atoms with E-state index in [0.29, 0.717) is 19.5 Å². The molecule has 1 saturated heterocycles. The van der Waals surface area contributed by atoms with Crippen molar-refractivity contribution >= 4 is 11.8 Å². The molecule has 1 aromatic carbocycles. The number of benzene rings is 1. The third-order valence-electron chi connectivity index (χ3n) is 3.19. The van der Waals surface area contributed by atoms with Crippen molar-refractivity contribution in [2.45, 2.75) is 18.9 Å². The van der Waals surface area contributed by atoms with E-state index in [1.54, 1.807) is 4.90 Å². The van der Waals surface area contributed by atoms with Crippen molar-refractivity contribution in [3.8, 4) is 0 Å². The zero-order valence-electron chi connectivity index (χ0n) is 10.8. The maximum absolute atomic E-state index is 12.2. The minimum atomic E-state index is -0.590. The van der Waals surface area contributed by atoms with E-state index in [1.165, 1.54) is 0 Å². The van der Waals surface area contributed by atoms with Crippen LogP contribution in [0.2, 0.25) is 0 Å². The molecule has 1 heterocycles. The van der Waals surface area contributed by atoms with Gasteiger partial charge in [-0.05, 0) is 18.4 Å². The lowest BCUT2D eigenvalue weighted by Crippen LogP contribution is -2.47. The Morgan fingerprint density at radius 3 is 2.84 bits per heavy atom. The normalized spacial score (nSPS) is 17.5. The van der Waals surface area contributed by atoms with E-state index in [2.05, 4.69) is 5.32 Å². The summed E-state index contributed by atoms with van der Waals surface area (Å²) in [6, 6.07) is 9.08. The Morgan fingerprint density at radius 2 is 2.11 bits per heavy atom. The molecule has 0 unspecified atom stereocenters. The van der Waals surface area contributed by atoms with Crippen molar-refractivity contribution in [3.63, 3.8) is 0 Å². The largest absolute Gasteiger partial charge is 0.354 e. The van der Waals surface area contributed by atoms with Gasteiger partial charge in [-0.15, -0.1) is 0 Å². The molecule has 1 aliphatic rings. The number of nitrogens with one attached hydrogen (secondary N) is 1. The Balaban J connectivity index is 1.96. The van der Waals surface area contributed by atoms with Gasteiger partial charge in [0.2, 0.25) is 11.8 Å². The number of hydrogen-bond donors (Lipinski definition) is 2. The first-order valence-electron chi connectivity index (χ1n) is 6.52. The van der Waals surface area contributed by atoms with E-state index < -0.39 is 6.04 Å². The van der Waals surface area contributed by atoms with Gasteiger partial charge in [0.15, 0.2) is 0 Å². The van der Waals surface area contributed by atoms with Gasteiger partial charge in [-0.3, -0.25) is 9.59 Å². The Morgan fingerprint density at radius 1 is 1.37 bits per heavy atom. The highest BCUT2D eigenvalue weighted by molar-refractivity contribution is 5.87. The lowest BCUT2D eigenvalue weighted by molar-refractivity contribution is -0.136. The highest BCUT2D eigenvalue weighted by Gasteiger charge is 2.24. The predicted molar refractivity (Wildman–Crippen MR) is 72.3 cm³/mol. The number of hydrogen-bond acceptors (Lipinski definition) is 3. The van der Waals surface area contributed by atoms with E-state index in [1.807, 2.05) is 30.3 Å². The maximum atomic E-state index is 12.2. The van der Waals surface area contributed by atoms with Crippen LogP contribution in [-0.4, -0.2) is 42.4 Å². The molecule has 19 heavy (non-hydrogen) atoms. The molecule has 0 saturated carbocycles. The van der Waals surface area contributed by atoms with Gasteiger partial charge >= 0.3 is 0 Å². The fourth-order valence-corrected chi connectivity index (χ4v) is 2.18. The van der Waals surface area contributed by atoms with Gasteiger partial charge in [-0.2, -0.15) is 0 Å². The van der Waals surface area contributed by atoms with Crippen LogP contribution in [0.4, 0.5) is 0 Å². The minimum absolute atomic E-state index is 0.112. The lowest BCUT2D eigenvalue weighted by Gasteiger charge is -2.23. The van der Waals surface area contributed by atoms with Gasteiger partial charge in [0.05, 0.1) is 12.6 Å². The van der Waals surface area contributed by atoms with Gasteiger partial charge in [0, 0.05) is 13.1 Å². The van der Waals surface area contributed by atoms with Gasteiger partial charge in [0.1, 0.15) is 0 Å². The van der Waals surface area contributed by atoms with Crippen molar-refractivity contribution in [2.75, 3.05) is 19.6 Å². The van der Waals surface area contributed by atoms with Crippen LogP contribution in [0.1, 0.15) is 12.0 Å². The molecule has 0 spiro atoms. The fraction of sp³-hybridized carbons (Fsp3) is 0.429. The van der Waals surface area contributed by atoms with Crippen LogP contribution in [0.25, 0.3) is 0 Å². The predicted octanol–water partition coefficient (Wildman–Crippen LogP) is -0.0951. The van der Waals surface area contributed by atoms with Crippen LogP contribution >= 0.6 is 0 Å². The van der Waals surface area contributed by atoms with Gasteiger partial charge in [0.25, 0.3) is 0 Å². The standard InChI is InChI=1S/C14H19N3O2/c15-12(9-11-5-2-1-3-6-11)14(19)17-8-4-7-16-13(18)10-17/h1-3,5-6,12H,4,7-10,15H2,(H,16,18)/t12-/m0/s1. The average Bonchev–Trinajstić information content (AvgIpc) is 2.63. The molecule has 1 aliphatic heterocycles. The summed E-state index contributed by atoms with van der Waals surface area (Å²) in [4.78, 5) is 25.2. The van der Waals surface area contributed by atoms with E-state index in [-0.39, 0.29) is 18.4 Å². The smallest absolute Gasteiger partial charge is 0.240 e. The van der Waals surface area contributed by atoms with Crippen molar-refractivity contribution in [1.29, 1.82) is 0 Å². The molecule has 2 amide bonds. The monoisotopic (exact) mass is 261 g/mol. The van der Waals surface area contributed by atoms with Crippen LogP contribution in [0, 0.1) is 0 Å². The molecule has 1 fully saturated rings. The molecule has 1 aromatic rings. The topological polar surface area (TPSA) is 75.4 Å². The summed E-state index contributed by atoms with van der Waals surface area (Å²) in [5.74, 6) is -0.265. The van der Waals surface area contributed by atoms with E-state index in [4.69, 9.17) is 5.73 Å². The summed E-state index contributed by atoms with van der Waals surface area (Å²) in [5.41, 5.74) is 6.98. The number of rotatable bonds is 3. The van der Waals surface area contributed by atoms with Gasteiger partial charge < -0.3 is 16.0 Å². The quantitative estimate of drug-likeness (QED) is 0.798. The summed E-state index contributed by atoms with van der Waals surface area (Å²) < 4.78 is 0. The average molecular weight is 261 g/mol. The lowest BCUT2D eigenvalue weighted by atomic mass is 10.1. The van der Waals surface area contributed by atoms with E-state index in [9.17, 15) is 9.59 Å². The molecule has 102 valence electrons. The number of carbonyl (C=O) groups is 2. The molecule has 0 bridgehead atoms. The molecule has 2 rings (SSSR count). The number of nitrogens with zero attached hydrogens (tertiary/aromatic N) is 1. The Labute approximate surface area is 112 Å². The molecule has 0 radical (unpaired) electrons. The molecule has 5 nitrogen and oxygen atoms in total. The number of carbonyl (C=O) groups excluding carboxylic acids is 2. The Kier molecular flexibility index (Phi) is 4.52. The zero-order valence-corrected chi connectivity index (χ0v) is 10.8. The Hall–Kier alpha value is -1.88. The van der Waals surface area contributed by atoms with Crippen LogP contribution in [0.3, 0.4) is 0 Å². The van der Waals surface area contributed by atoms with E-state index >= 15 is 0 Å². The number of amides is 2. The fourth-order valence-electron chi connectivity index (χ4n) is 2.18. The van der Waals surface area contributed by atoms with Crippen molar-refractivity contribution in [2.24, 2.45) is 5.73 Å². The molecule has 0 aliphatic carbocycles. The third kappa shape index (κ3) is 3.79. The highest BCUT2D eigenvalue weighted by Crippen LogP contribution is 2.06. The summed E-state index contributed by atoms with van der Waals surface area (Å²) in [5, 5.41) is 2.74. The zero-order chi connectivity index (χ0) is 13.7. The molecule has 3 N–H and O–H groups in total. The minimum Gasteiger partial charge on any atom is -0.354 e. The van der Waals surface area contributed by atoms with Gasteiger partial charge in [-0.1, -0.05) is 30.3 Å². The Bertz CT molecular complexity index is 447. The van der Waals surface area contributed by atoms with Gasteiger partial charge in [-0.25, -0.2) is 0 Å². The van der Waals surface area contributed by atoms with Crippen LogP contribution < -0.4 is 11.1 Å². The van der Waals surface area contributed by atoms with Crippen LogP contribution in [-0.2, 0) is 16.0 Å². The molecule has 5 heteroatoms. The first kappa shape index (κ1) is 13.5. The highest BCUT2D eigenvalue weighted by atomic mass is 16.2. The summed E-state index contributed by atoms with van der Waals surface area (Å²) in [6.45, 7) is 1.32. The third-order valence-corrected chi connectivity index (χ3v) is 3.19. The van der Waals surface area contributed by atoms with Crippen molar-refractivity contribution in [3.05, 3.63) is 35.9 Å². The molecule has 0 aromatic heterocycles. The van der Waals surface area contributed by atoms with Crippen molar-refractivity contribution < 1.29 is 9.59 Å². The second-order valence-electron chi connectivity index (χ2n) is 4.76. The first-order chi connectivity index (χ1) is 9.16. The molecular formula is C14H19N3O2. The SMILES string of the molecule is N[C@@H](Cc1ccccc1)C(=O)N1CCCNC(=O)C1. The maximum Gasteiger partial charge on any atom is 0.240 e. The van der Waals surface area contributed by atoms with Crippen LogP contribution in [0.5, 0.6) is 0 Å². The molecule has 1 atom stereocenters. The first-order valence-corrected chi connectivity index (χ1v) is 6.52.